The van der Waals surface area contributed by atoms with Crippen LogP contribution in [0.15, 0.2) is 41.8 Å². The first-order valence-corrected chi connectivity index (χ1v) is 7.15. The molecule has 1 aliphatic rings. The van der Waals surface area contributed by atoms with Crippen LogP contribution in [0, 0.1) is 5.82 Å². The Bertz CT molecular complexity index is 590. The molecule has 2 aromatic rings. The minimum Gasteiger partial charge on any atom is -0.351 e. The molecular formula is C15H14FNOS. The molecule has 1 N–H and O–H groups in total. The van der Waals surface area contributed by atoms with Crippen molar-refractivity contribution in [3.8, 4) is 0 Å². The zero-order valence-corrected chi connectivity index (χ0v) is 11.2. The van der Waals surface area contributed by atoms with Gasteiger partial charge in [-0.25, -0.2) is 4.39 Å². The highest BCUT2D eigenvalue weighted by atomic mass is 32.1. The molecule has 0 spiro atoms. The van der Waals surface area contributed by atoms with Gasteiger partial charge in [-0.3, -0.25) is 4.79 Å². The van der Waals surface area contributed by atoms with E-state index in [4.69, 9.17) is 0 Å². The highest BCUT2D eigenvalue weighted by molar-refractivity contribution is 7.10. The van der Waals surface area contributed by atoms with Crippen LogP contribution >= 0.6 is 11.3 Å². The Morgan fingerprint density at radius 2 is 2.16 bits per heavy atom. The van der Waals surface area contributed by atoms with Crippen LogP contribution < -0.4 is 5.32 Å². The molecule has 1 saturated carbocycles. The van der Waals surface area contributed by atoms with E-state index in [0.717, 1.165) is 12.8 Å². The van der Waals surface area contributed by atoms with Crippen molar-refractivity contribution in [1.29, 1.82) is 0 Å². The van der Waals surface area contributed by atoms with E-state index in [1.54, 1.807) is 23.5 Å². The lowest BCUT2D eigenvalue weighted by Crippen LogP contribution is -2.31. The zero-order chi connectivity index (χ0) is 13.3. The summed E-state index contributed by atoms with van der Waals surface area (Å²) in [6, 6.07) is 9.94. The number of hydrogen-bond acceptors (Lipinski definition) is 2. The van der Waals surface area contributed by atoms with Crippen molar-refractivity contribution in [2.24, 2.45) is 0 Å². The summed E-state index contributed by atoms with van der Waals surface area (Å²) < 4.78 is 13.1. The van der Waals surface area contributed by atoms with E-state index in [1.807, 2.05) is 6.07 Å². The Balaban J connectivity index is 1.66. The van der Waals surface area contributed by atoms with Crippen molar-refractivity contribution in [3.63, 3.8) is 0 Å². The quantitative estimate of drug-likeness (QED) is 0.911. The standard InChI is InChI=1S/C15H14FNOS/c16-12-4-1-3-11(9-12)14(18)17-10-15(6-7-15)13-5-2-8-19-13/h1-5,8-9H,6-7,10H2,(H,17,18). The van der Waals surface area contributed by atoms with Gasteiger partial charge in [0.25, 0.3) is 5.91 Å². The van der Waals surface area contributed by atoms with Crippen molar-refractivity contribution < 1.29 is 9.18 Å². The molecule has 98 valence electrons. The molecule has 1 aliphatic carbocycles. The largest absolute Gasteiger partial charge is 0.351 e. The Labute approximate surface area is 115 Å². The van der Waals surface area contributed by atoms with Crippen LogP contribution in [0.2, 0.25) is 0 Å². The summed E-state index contributed by atoms with van der Waals surface area (Å²) in [6.45, 7) is 0.628. The van der Waals surface area contributed by atoms with Gasteiger partial charge in [0.15, 0.2) is 0 Å². The van der Waals surface area contributed by atoms with E-state index in [0.29, 0.717) is 12.1 Å². The molecular weight excluding hydrogens is 261 g/mol. The predicted octanol–water partition coefficient (Wildman–Crippen LogP) is 3.35. The topological polar surface area (TPSA) is 29.1 Å². The Kier molecular flexibility index (Phi) is 3.11. The minimum absolute atomic E-state index is 0.122. The second-order valence-electron chi connectivity index (χ2n) is 4.95. The van der Waals surface area contributed by atoms with Gasteiger partial charge in [0.1, 0.15) is 5.82 Å². The molecule has 1 amide bonds. The fourth-order valence-electron chi connectivity index (χ4n) is 2.22. The highest BCUT2D eigenvalue weighted by Gasteiger charge is 2.45. The van der Waals surface area contributed by atoms with Crippen LogP contribution in [-0.4, -0.2) is 12.5 Å². The predicted molar refractivity (Wildman–Crippen MR) is 74.0 cm³/mol. The number of rotatable bonds is 4. The summed E-state index contributed by atoms with van der Waals surface area (Å²) in [5, 5.41) is 4.98. The molecule has 1 heterocycles. The van der Waals surface area contributed by atoms with Crippen molar-refractivity contribution in [2.45, 2.75) is 18.3 Å². The first-order valence-electron chi connectivity index (χ1n) is 6.27. The van der Waals surface area contributed by atoms with Gasteiger partial charge in [0, 0.05) is 22.4 Å². The van der Waals surface area contributed by atoms with Crippen LogP contribution in [0.5, 0.6) is 0 Å². The molecule has 0 aliphatic heterocycles. The van der Waals surface area contributed by atoms with Gasteiger partial charge in [-0.15, -0.1) is 11.3 Å². The maximum Gasteiger partial charge on any atom is 0.251 e. The van der Waals surface area contributed by atoms with E-state index in [1.165, 1.54) is 17.0 Å². The van der Waals surface area contributed by atoms with Crippen LogP contribution in [-0.2, 0) is 5.41 Å². The maximum atomic E-state index is 13.1. The van der Waals surface area contributed by atoms with Gasteiger partial charge in [-0.05, 0) is 42.5 Å². The lowest BCUT2D eigenvalue weighted by molar-refractivity contribution is 0.0949. The fourth-order valence-corrected chi connectivity index (χ4v) is 3.21. The van der Waals surface area contributed by atoms with Crippen LogP contribution in [0.25, 0.3) is 0 Å². The zero-order valence-electron chi connectivity index (χ0n) is 10.4. The van der Waals surface area contributed by atoms with Crippen molar-refractivity contribution >= 4 is 17.2 Å². The van der Waals surface area contributed by atoms with Gasteiger partial charge >= 0.3 is 0 Å². The summed E-state index contributed by atoms with van der Waals surface area (Å²) >= 11 is 1.73. The number of hydrogen-bond donors (Lipinski definition) is 1. The number of nitrogens with one attached hydrogen (secondary N) is 1. The van der Waals surface area contributed by atoms with Crippen molar-refractivity contribution in [1.82, 2.24) is 5.32 Å². The van der Waals surface area contributed by atoms with E-state index >= 15 is 0 Å². The summed E-state index contributed by atoms with van der Waals surface area (Å²) in [5.74, 6) is -0.589. The van der Waals surface area contributed by atoms with Crippen molar-refractivity contribution in [2.75, 3.05) is 6.54 Å². The van der Waals surface area contributed by atoms with Crippen LogP contribution in [0.1, 0.15) is 28.1 Å². The lowest BCUT2D eigenvalue weighted by atomic mass is 10.1. The second-order valence-corrected chi connectivity index (χ2v) is 5.90. The molecule has 0 radical (unpaired) electrons. The van der Waals surface area contributed by atoms with E-state index in [2.05, 4.69) is 16.8 Å². The maximum absolute atomic E-state index is 13.1. The summed E-state index contributed by atoms with van der Waals surface area (Å²) in [6.07, 6.45) is 2.22. The first kappa shape index (κ1) is 12.4. The van der Waals surface area contributed by atoms with Gasteiger partial charge < -0.3 is 5.32 Å². The Hall–Kier alpha value is -1.68. The SMILES string of the molecule is O=C(NCC1(c2cccs2)CC1)c1cccc(F)c1. The molecule has 3 rings (SSSR count). The number of carbonyl (C=O) groups is 1. The average Bonchev–Trinajstić information content (AvgIpc) is 2.99. The van der Waals surface area contributed by atoms with Crippen LogP contribution in [0.4, 0.5) is 4.39 Å². The summed E-state index contributed by atoms with van der Waals surface area (Å²) in [7, 11) is 0. The third-order valence-corrected chi connectivity index (χ3v) is 4.69. The molecule has 1 aromatic heterocycles. The molecule has 0 saturated heterocycles. The Morgan fingerprint density at radius 1 is 1.32 bits per heavy atom. The van der Waals surface area contributed by atoms with Gasteiger partial charge in [-0.1, -0.05) is 12.1 Å². The van der Waals surface area contributed by atoms with Gasteiger partial charge in [-0.2, -0.15) is 0 Å². The molecule has 0 atom stereocenters. The first-order chi connectivity index (χ1) is 9.20. The third-order valence-electron chi connectivity index (χ3n) is 3.57. The smallest absolute Gasteiger partial charge is 0.251 e. The number of carbonyl (C=O) groups excluding carboxylic acids is 1. The fraction of sp³-hybridized carbons (Fsp3) is 0.267. The van der Waals surface area contributed by atoms with E-state index in [-0.39, 0.29) is 17.1 Å². The van der Waals surface area contributed by atoms with Crippen LogP contribution in [0.3, 0.4) is 0 Å². The molecule has 0 unspecified atom stereocenters. The average molecular weight is 275 g/mol. The highest BCUT2D eigenvalue weighted by Crippen LogP contribution is 2.49. The van der Waals surface area contributed by atoms with E-state index in [9.17, 15) is 9.18 Å². The Morgan fingerprint density at radius 3 is 2.79 bits per heavy atom. The number of benzene rings is 1. The van der Waals surface area contributed by atoms with Crippen molar-refractivity contribution in [3.05, 3.63) is 58.0 Å². The monoisotopic (exact) mass is 275 g/mol. The summed E-state index contributed by atoms with van der Waals surface area (Å²) in [5.41, 5.74) is 0.499. The van der Waals surface area contributed by atoms with Gasteiger partial charge in [0.2, 0.25) is 0 Å². The molecule has 19 heavy (non-hydrogen) atoms. The van der Waals surface area contributed by atoms with E-state index < -0.39 is 0 Å². The normalized spacial score (nSPS) is 16.1. The minimum atomic E-state index is -0.382. The molecule has 2 nitrogen and oxygen atoms in total. The number of amides is 1. The summed E-state index contributed by atoms with van der Waals surface area (Å²) in [4.78, 5) is 13.3. The van der Waals surface area contributed by atoms with Gasteiger partial charge in [0.05, 0.1) is 0 Å². The lowest BCUT2D eigenvalue weighted by Gasteiger charge is -2.14. The molecule has 0 bridgehead atoms. The molecule has 1 aromatic carbocycles. The number of halogens is 1. The molecule has 1 fully saturated rings. The number of thiophene rings is 1. The third kappa shape index (κ3) is 2.54. The second kappa shape index (κ2) is 4.78. The molecule has 4 heteroatoms.